The minimum absolute atomic E-state index is 0.00865. The summed E-state index contributed by atoms with van der Waals surface area (Å²) in [7, 11) is 1.92. The fourth-order valence-corrected chi connectivity index (χ4v) is 1.29. The fraction of sp³-hybridized carbons (Fsp3) is 0.727. The second-order valence-electron chi connectivity index (χ2n) is 4.78. The number of aryl methyl sites for hydroxylation is 2. The van der Waals surface area contributed by atoms with Gasteiger partial charge in [0.2, 0.25) is 0 Å². The van der Waals surface area contributed by atoms with E-state index in [2.05, 4.69) is 18.9 Å². The van der Waals surface area contributed by atoms with E-state index in [0.29, 0.717) is 13.2 Å². The lowest BCUT2D eigenvalue weighted by Gasteiger charge is -2.22. The molecule has 86 valence electrons. The Labute approximate surface area is 91.4 Å². The van der Waals surface area contributed by atoms with Gasteiger partial charge in [-0.25, -0.2) is 0 Å². The van der Waals surface area contributed by atoms with Crippen LogP contribution in [0.3, 0.4) is 0 Å². The van der Waals surface area contributed by atoms with E-state index in [1.54, 1.807) is 0 Å². The first-order chi connectivity index (χ1) is 6.87. The maximum atomic E-state index is 5.78. The van der Waals surface area contributed by atoms with Gasteiger partial charge in [0, 0.05) is 19.0 Å². The maximum absolute atomic E-state index is 5.78. The van der Waals surface area contributed by atoms with Gasteiger partial charge in [0.25, 0.3) is 0 Å². The number of hydrogen-bond donors (Lipinski definition) is 1. The van der Waals surface area contributed by atoms with Gasteiger partial charge in [0.15, 0.2) is 5.75 Å². The van der Waals surface area contributed by atoms with E-state index in [0.717, 1.165) is 17.1 Å². The van der Waals surface area contributed by atoms with Crippen LogP contribution in [-0.4, -0.2) is 22.9 Å². The van der Waals surface area contributed by atoms with Crippen molar-refractivity contribution >= 4 is 0 Å². The third-order valence-corrected chi connectivity index (χ3v) is 2.60. The smallest absolute Gasteiger partial charge is 0.162 e. The van der Waals surface area contributed by atoms with Crippen molar-refractivity contribution in [1.82, 2.24) is 9.78 Å². The molecule has 0 spiro atoms. The zero-order valence-electron chi connectivity index (χ0n) is 10.3. The second-order valence-corrected chi connectivity index (χ2v) is 4.78. The van der Waals surface area contributed by atoms with Crippen molar-refractivity contribution in [1.29, 1.82) is 0 Å². The molecule has 4 nitrogen and oxygen atoms in total. The summed E-state index contributed by atoms with van der Waals surface area (Å²) in [5.41, 5.74) is 7.65. The molecule has 0 amide bonds. The third kappa shape index (κ3) is 2.72. The van der Waals surface area contributed by atoms with Crippen LogP contribution in [0.1, 0.15) is 25.2 Å². The molecule has 2 N–H and O–H groups in total. The van der Waals surface area contributed by atoms with E-state index < -0.39 is 0 Å². The highest BCUT2D eigenvalue weighted by Crippen LogP contribution is 2.24. The summed E-state index contributed by atoms with van der Waals surface area (Å²) in [4.78, 5) is 0. The standard InChI is InChI=1S/C11H21N3O/c1-8-10(9(2)14(5)13-8)15-7-11(3,4)6-12/h6-7,12H2,1-5H3. The monoisotopic (exact) mass is 211 g/mol. The van der Waals surface area contributed by atoms with Gasteiger partial charge in [-0.15, -0.1) is 0 Å². The first kappa shape index (κ1) is 12.0. The van der Waals surface area contributed by atoms with Crippen LogP contribution in [0.2, 0.25) is 0 Å². The highest BCUT2D eigenvalue weighted by Gasteiger charge is 2.19. The molecule has 1 rings (SSSR count). The molecule has 0 bridgehead atoms. The highest BCUT2D eigenvalue weighted by atomic mass is 16.5. The summed E-state index contributed by atoms with van der Waals surface area (Å²) in [5.74, 6) is 0.888. The lowest BCUT2D eigenvalue weighted by Crippen LogP contribution is -2.30. The normalized spacial score (nSPS) is 11.9. The fourth-order valence-electron chi connectivity index (χ4n) is 1.29. The SMILES string of the molecule is Cc1nn(C)c(C)c1OCC(C)(C)CN. The lowest BCUT2D eigenvalue weighted by molar-refractivity contribution is 0.185. The summed E-state index contributed by atoms with van der Waals surface area (Å²) in [6.07, 6.45) is 0. The number of aromatic nitrogens is 2. The Morgan fingerprint density at radius 3 is 2.40 bits per heavy atom. The Morgan fingerprint density at radius 2 is 2.00 bits per heavy atom. The molecular formula is C11H21N3O. The number of hydrogen-bond acceptors (Lipinski definition) is 3. The summed E-state index contributed by atoms with van der Waals surface area (Å²) in [6, 6.07) is 0. The topological polar surface area (TPSA) is 53.1 Å². The van der Waals surface area contributed by atoms with Crippen LogP contribution >= 0.6 is 0 Å². The van der Waals surface area contributed by atoms with Crippen molar-refractivity contribution in [3.8, 4) is 5.75 Å². The molecule has 4 heteroatoms. The molecule has 0 unspecified atom stereocenters. The first-order valence-corrected chi connectivity index (χ1v) is 5.20. The lowest BCUT2D eigenvalue weighted by atomic mass is 9.95. The largest absolute Gasteiger partial charge is 0.489 e. The van der Waals surface area contributed by atoms with Gasteiger partial charge in [0.1, 0.15) is 5.69 Å². The minimum Gasteiger partial charge on any atom is -0.489 e. The Morgan fingerprint density at radius 1 is 1.40 bits per heavy atom. The molecule has 15 heavy (non-hydrogen) atoms. The van der Waals surface area contributed by atoms with Crippen LogP contribution in [0.5, 0.6) is 5.75 Å². The van der Waals surface area contributed by atoms with E-state index in [-0.39, 0.29) is 5.41 Å². The maximum Gasteiger partial charge on any atom is 0.162 e. The summed E-state index contributed by atoms with van der Waals surface area (Å²) in [5, 5.41) is 4.30. The van der Waals surface area contributed by atoms with Gasteiger partial charge >= 0.3 is 0 Å². The van der Waals surface area contributed by atoms with Crippen LogP contribution in [0, 0.1) is 19.3 Å². The van der Waals surface area contributed by atoms with Crippen molar-refractivity contribution in [2.75, 3.05) is 13.2 Å². The Kier molecular flexibility index (Phi) is 3.39. The molecule has 0 aliphatic rings. The van der Waals surface area contributed by atoms with Crippen LogP contribution in [0.15, 0.2) is 0 Å². The van der Waals surface area contributed by atoms with Crippen molar-refractivity contribution in [3.05, 3.63) is 11.4 Å². The van der Waals surface area contributed by atoms with Crippen LogP contribution in [0.4, 0.5) is 0 Å². The summed E-state index contributed by atoms with van der Waals surface area (Å²) >= 11 is 0. The van der Waals surface area contributed by atoms with Crippen molar-refractivity contribution in [3.63, 3.8) is 0 Å². The third-order valence-electron chi connectivity index (χ3n) is 2.60. The molecule has 1 heterocycles. The molecular weight excluding hydrogens is 190 g/mol. The van der Waals surface area contributed by atoms with Crippen LogP contribution in [0.25, 0.3) is 0 Å². The molecule has 0 aliphatic carbocycles. The number of ether oxygens (including phenoxy) is 1. The van der Waals surface area contributed by atoms with Gasteiger partial charge in [0.05, 0.1) is 12.3 Å². The highest BCUT2D eigenvalue weighted by molar-refractivity contribution is 5.31. The predicted octanol–water partition coefficient (Wildman–Crippen LogP) is 1.40. The van der Waals surface area contributed by atoms with Gasteiger partial charge in [-0.2, -0.15) is 5.10 Å². The zero-order valence-corrected chi connectivity index (χ0v) is 10.3. The van der Waals surface area contributed by atoms with Crippen LogP contribution < -0.4 is 10.5 Å². The van der Waals surface area contributed by atoms with E-state index in [1.165, 1.54) is 0 Å². The average Bonchev–Trinajstić information content (AvgIpc) is 2.39. The average molecular weight is 211 g/mol. The van der Waals surface area contributed by atoms with Crippen molar-refractivity contribution in [2.24, 2.45) is 18.2 Å². The number of nitrogens with two attached hydrogens (primary N) is 1. The Hall–Kier alpha value is -1.03. The molecule has 0 radical (unpaired) electrons. The first-order valence-electron chi connectivity index (χ1n) is 5.20. The minimum atomic E-state index is 0.00865. The Bertz CT molecular complexity index is 342. The van der Waals surface area contributed by atoms with Gasteiger partial charge in [-0.05, 0) is 13.8 Å². The van der Waals surface area contributed by atoms with Gasteiger partial charge < -0.3 is 10.5 Å². The predicted molar refractivity (Wildman–Crippen MR) is 61.0 cm³/mol. The summed E-state index contributed by atoms with van der Waals surface area (Å²) < 4.78 is 7.61. The quantitative estimate of drug-likeness (QED) is 0.819. The molecule has 0 atom stereocenters. The second kappa shape index (κ2) is 4.23. The summed E-state index contributed by atoms with van der Waals surface area (Å²) in [6.45, 7) is 9.38. The van der Waals surface area contributed by atoms with Crippen molar-refractivity contribution < 1.29 is 4.74 Å². The zero-order chi connectivity index (χ0) is 11.6. The molecule has 1 aromatic heterocycles. The van der Waals surface area contributed by atoms with Crippen LogP contribution in [-0.2, 0) is 7.05 Å². The van der Waals surface area contributed by atoms with E-state index in [1.807, 2.05) is 25.6 Å². The van der Waals surface area contributed by atoms with E-state index in [4.69, 9.17) is 10.5 Å². The van der Waals surface area contributed by atoms with E-state index in [9.17, 15) is 0 Å². The molecule has 0 saturated carbocycles. The number of nitrogens with zero attached hydrogens (tertiary/aromatic N) is 2. The molecule has 0 saturated heterocycles. The molecule has 1 aromatic rings. The van der Waals surface area contributed by atoms with Gasteiger partial charge in [-0.1, -0.05) is 13.8 Å². The molecule has 0 aromatic carbocycles. The molecule has 0 aliphatic heterocycles. The molecule has 0 fully saturated rings. The van der Waals surface area contributed by atoms with Crippen molar-refractivity contribution in [2.45, 2.75) is 27.7 Å². The number of rotatable bonds is 4. The van der Waals surface area contributed by atoms with E-state index >= 15 is 0 Å². The Balaban J connectivity index is 2.73. The van der Waals surface area contributed by atoms with Gasteiger partial charge in [-0.3, -0.25) is 4.68 Å².